The Kier molecular flexibility index (Phi) is 2.19. The van der Waals surface area contributed by atoms with Crippen LogP contribution in [0.3, 0.4) is 0 Å². The van der Waals surface area contributed by atoms with Crippen LogP contribution in [0.15, 0.2) is 24.3 Å². The van der Waals surface area contributed by atoms with Crippen molar-refractivity contribution < 1.29 is 5.11 Å². The number of hydrogen-bond donors (Lipinski definition) is 1. The first-order chi connectivity index (χ1) is 6.31. The van der Waals surface area contributed by atoms with Gasteiger partial charge in [0.2, 0.25) is 0 Å². The summed E-state index contributed by atoms with van der Waals surface area (Å²) in [5.41, 5.74) is 5.34. The first kappa shape index (κ1) is 8.52. The molecule has 1 heteroatoms. The number of rotatable bonds is 2. The molecule has 0 aliphatic heterocycles. The molecule has 1 aromatic carbocycles. The summed E-state index contributed by atoms with van der Waals surface area (Å²) in [5, 5.41) is 8.88. The van der Waals surface area contributed by atoms with E-state index in [1.807, 2.05) is 0 Å². The number of aliphatic hydroxyl groups is 1. The molecule has 1 aromatic rings. The van der Waals surface area contributed by atoms with Gasteiger partial charge in [0.1, 0.15) is 0 Å². The minimum Gasteiger partial charge on any atom is -0.396 e. The zero-order valence-electron chi connectivity index (χ0n) is 7.88. The molecule has 0 saturated heterocycles. The second-order valence-corrected chi connectivity index (χ2v) is 3.57. The number of fused-ring (bicyclic) bond motifs is 1. The highest BCUT2D eigenvalue weighted by molar-refractivity contribution is 5.73. The van der Waals surface area contributed by atoms with E-state index < -0.39 is 0 Å². The molecule has 0 amide bonds. The number of allylic oxidation sites excluding steroid dienone is 1. The maximum absolute atomic E-state index is 8.88. The molecule has 2 rings (SSSR count). The van der Waals surface area contributed by atoms with Crippen LogP contribution in [0.5, 0.6) is 0 Å². The maximum atomic E-state index is 8.88. The lowest BCUT2D eigenvalue weighted by Gasteiger charge is -2.04. The molecule has 0 spiro atoms. The monoisotopic (exact) mass is 174 g/mol. The standard InChI is InChI=1S/C12H14O/c1-9-2-3-10-4-5-11(6-7-13)12(10)8-9/h2-3,5,8,13H,4,6-7H2,1H3. The molecule has 0 saturated carbocycles. The van der Waals surface area contributed by atoms with Crippen molar-refractivity contribution >= 4 is 5.57 Å². The van der Waals surface area contributed by atoms with E-state index >= 15 is 0 Å². The summed E-state index contributed by atoms with van der Waals surface area (Å²) in [4.78, 5) is 0. The smallest absolute Gasteiger partial charge is 0.0471 e. The second kappa shape index (κ2) is 3.35. The van der Waals surface area contributed by atoms with Crippen LogP contribution in [-0.2, 0) is 6.42 Å². The van der Waals surface area contributed by atoms with Crippen molar-refractivity contribution in [3.8, 4) is 0 Å². The molecule has 0 unspecified atom stereocenters. The van der Waals surface area contributed by atoms with Gasteiger partial charge in [0.15, 0.2) is 0 Å². The van der Waals surface area contributed by atoms with Crippen molar-refractivity contribution in [3.05, 3.63) is 41.0 Å². The largest absolute Gasteiger partial charge is 0.396 e. The fraction of sp³-hybridized carbons (Fsp3) is 0.333. The highest BCUT2D eigenvalue weighted by Gasteiger charge is 2.12. The Morgan fingerprint density at radius 3 is 3.00 bits per heavy atom. The van der Waals surface area contributed by atoms with Crippen LogP contribution in [0.2, 0.25) is 0 Å². The SMILES string of the molecule is Cc1ccc2c(c1)C(CCO)=CC2. The van der Waals surface area contributed by atoms with Gasteiger partial charge >= 0.3 is 0 Å². The van der Waals surface area contributed by atoms with Gasteiger partial charge in [-0.2, -0.15) is 0 Å². The van der Waals surface area contributed by atoms with Crippen molar-refractivity contribution in [1.29, 1.82) is 0 Å². The van der Waals surface area contributed by atoms with E-state index in [-0.39, 0.29) is 6.61 Å². The Bertz CT molecular complexity index is 350. The molecule has 0 radical (unpaired) electrons. The predicted octanol–water partition coefficient (Wildman–Crippen LogP) is 2.32. The Labute approximate surface area is 78.7 Å². The van der Waals surface area contributed by atoms with Crippen LogP contribution in [0.1, 0.15) is 23.1 Å². The molecule has 0 heterocycles. The summed E-state index contributed by atoms with van der Waals surface area (Å²) in [7, 11) is 0. The fourth-order valence-corrected chi connectivity index (χ4v) is 1.87. The molecule has 1 nitrogen and oxygen atoms in total. The molecule has 0 bridgehead atoms. The van der Waals surface area contributed by atoms with Crippen LogP contribution < -0.4 is 0 Å². The minimum atomic E-state index is 0.249. The summed E-state index contributed by atoms with van der Waals surface area (Å²) in [6.07, 6.45) is 4.04. The highest BCUT2D eigenvalue weighted by Crippen LogP contribution is 2.29. The zero-order chi connectivity index (χ0) is 9.26. The lowest BCUT2D eigenvalue weighted by atomic mass is 10.0. The summed E-state index contributed by atoms with van der Waals surface area (Å²) < 4.78 is 0. The van der Waals surface area contributed by atoms with Gasteiger partial charge in [-0.25, -0.2) is 0 Å². The third kappa shape index (κ3) is 1.52. The number of aryl methyl sites for hydroxylation is 1. The molecule has 0 fully saturated rings. The molecule has 1 aliphatic carbocycles. The Hall–Kier alpha value is -1.08. The van der Waals surface area contributed by atoms with E-state index in [1.165, 1.54) is 22.3 Å². The summed E-state index contributed by atoms with van der Waals surface area (Å²) >= 11 is 0. The van der Waals surface area contributed by atoms with Crippen LogP contribution in [0.25, 0.3) is 5.57 Å². The average molecular weight is 174 g/mol. The van der Waals surface area contributed by atoms with Crippen molar-refractivity contribution in [3.63, 3.8) is 0 Å². The minimum absolute atomic E-state index is 0.249. The van der Waals surface area contributed by atoms with Gasteiger partial charge in [-0.1, -0.05) is 29.8 Å². The van der Waals surface area contributed by atoms with E-state index in [1.54, 1.807) is 0 Å². The predicted molar refractivity (Wildman–Crippen MR) is 54.6 cm³/mol. The molecule has 0 atom stereocenters. The number of hydrogen-bond acceptors (Lipinski definition) is 1. The normalized spacial score (nSPS) is 14.2. The summed E-state index contributed by atoms with van der Waals surface area (Å²) in [6.45, 7) is 2.36. The molecular weight excluding hydrogens is 160 g/mol. The van der Waals surface area contributed by atoms with Crippen LogP contribution >= 0.6 is 0 Å². The Morgan fingerprint density at radius 2 is 2.23 bits per heavy atom. The Balaban J connectivity index is 2.36. The van der Waals surface area contributed by atoms with Gasteiger partial charge in [-0.15, -0.1) is 0 Å². The van der Waals surface area contributed by atoms with E-state index in [4.69, 9.17) is 5.11 Å². The van der Waals surface area contributed by atoms with Crippen LogP contribution in [0.4, 0.5) is 0 Å². The van der Waals surface area contributed by atoms with E-state index in [0.29, 0.717) is 0 Å². The lowest BCUT2D eigenvalue weighted by Crippen LogP contribution is -1.89. The molecular formula is C12H14O. The van der Waals surface area contributed by atoms with Gasteiger partial charge in [0.05, 0.1) is 0 Å². The topological polar surface area (TPSA) is 20.2 Å². The summed E-state index contributed by atoms with van der Waals surface area (Å²) in [5.74, 6) is 0. The van der Waals surface area contributed by atoms with Gasteiger partial charge in [0.25, 0.3) is 0 Å². The van der Waals surface area contributed by atoms with Gasteiger partial charge in [-0.05, 0) is 36.5 Å². The van der Waals surface area contributed by atoms with Gasteiger partial charge in [-0.3, -0.25) is 0 Å². The molecule has 13 heavy (non-hydrogen) atoms. The highest BCUT2D eigenvalue weighted by atomic mass is 16.2. The van der Waals surface area contributed by atoms with Gasteiger partial charge in [0, 0.05) is 6.61 Å². The van der Waals surface area contributed by atoms with Crippen molar-refractivity contribution in [2.75, 3.05) is 6.61 Å². The molecule has 0 aromatic heterocycles. The van der Waals surface area contributed by atoms with E-state index in [0.717, 1.165) is 12.8 Å². The summed E-state index contributed by atoms with van der Waals surface area (Å²) in [6, 6.07) is 6.55. The number of benzene rings is 1. The van der Waals surface area contributed by atoms with Crippen LogP contribution in [0, 0.1) is 6.92 Å². The van der Waals surface area contributed by atoms with Crippen molar-refractivity contribution in [2.45, 2.75) is 19.8 Å². The molecule has 68 valence electrons. The Morgan fingerprint density at radius 1 is 1.38 bits per heavy atom. The zero-order valence-corrected chi connectivity index (χ0v) is 7.88. The molecule has 1 aliphatic rings. The third-order valence-electron chi connectivity index (χ3n) is 2.56. The van der Waals surface area contributed by atoms with E-state index in [2.05, 4.69) is 31.2 Å². The third-order valence-corrected chi connectivity index (χ3v) is 2.56. The maximum Gasteiger partial charge on any atom is 0.0471 e. The van der Waals surface area contributed by atoms with Gasteiger partial charge < -0.3 is 5.11 Å². The quantitative estimate of drug-likeness (QED) is 0.729. The second-order valence-electron chi connectivity index (χ2n) is 3.57. The average Bonchev–Trinajstić information content (AvgIpc) is 2.49. The van der Waals surface area contributed by atoms with E-state index in [9.17, 15) is 0 Å². The van der Waals surface area contributed by atoms with Crippen molar-refractivity contribution in [2.24, 2.45) is 0 Å². The van der Waals surface area contributed by atoms with Crippen LogP contribution in [-0.4, -0.2) is 11.7 Å². The first-order valence-corrected chi connectivity index (χ1v) is 4.71. The number of aliphatic hydroxyl groups excluding tert-OH is 1. The lowest BCUT2D eigenvalue weighted by molar-refractivity contribution is 0.305. The fourth-order valence-electron chi connectivity index (χ4n) is 1.87. The molecule has 1 N–H and O–H groups in total. The van der Waals surface area contributed by atoms with Crippen molar-refractivity contribution in [1.82, 2.24) is 0 Å². The first-order valence-electron chi connectivity index (χ1n) is 4.71.